The highest BCUT2D eigenvalue weighted by atomic mass is 32.1. The topological polar surface area (TPSA) is 59.5 Å². The molecule has 0 N–H and O–H groups in total. The Labute approximate surface area is 169 Å². The molecule has 0 aliphatic carbocycles. The van der Waals surface area contributed by atoms with Gasteiger partial charge in [0.15, 0.2) is 10.8 Å². The van der Waals surface area contributed by atoms with Gasteiger partial charge in [-0.25, -0.2) is 13.8 Å². The molecular weight excluding hydrogens is 398 g/mol. The van der Waals surface area contributed by atoms with Gasteiger partial charge in [0.05, 0.1) is 30.6 Å². The molecule has 0 spiro atoms. The van der Waals surface area contributed by atoms with Gasteiger partial charge in [-0.1, -0.05) is 0 Å². The van der Waals surface area contributed by atoms with Crippen LogP contribution in [0.3, 0.4) is 0 Å². The van der Waals surface area contributed by atoms with Crippen molar-refractivity contribution in [3.8, 4) is 10.8 Å². The number of aromatic nitrogens is 1. The lowest BCUT2D eigenvalue weighted by atomic mass is 10.2. The summed E-state index contributed by atoms with van der Waals surface area (Å²) in [6.45, 7) is 1.86. The maximum absolute atomic E-state index is 14.4. The Bertz CT molecular complexity index is 1130. The smallest absolute Gasteiger partial charge is 0.233 e. The summed E-state index contributed by atoms with van der Waals surface area (Å²) in [6, 6.07) is 10.1. The molecule has 5 nitrogen and oxygen atoms in total. The van der Waals surface area contributed by atoms with Crippen molar-refractivity contribution in [1.82, 2.24) is 4.98 Å². The van der Waals surface area contributed by atoms with Crippen LogP contribution < -0.4 is 4.90 Å². The number of rotatable bonds is 6. The normalized spacial score (nSPS) is 11.0. The van der Waals surface area contributed by atoms with Crippen LogP contribution in [0.5, 0.6) is 0 Å². The summed E-state index contributed by atoms with van der Waals surface area (Å²) < 4.78 is 38.5. The highest BCUT2D eigenvalue weighted by Crippen LogP contribution is 2.27. The Morgan fingerprint density at radius 3 is 2.76 bits per heavy atom. The van der Waals surface area contributed by atoms with E-state index in [0.717, 1.165) is 17.9 Å². The maximum Gasteiger partial charge on any atom is 0.233 e. The van der Waals surface area contributed by atoms with Crippen LogP contribution in [-0.2, 0) is 17.8 Å². The fourth-order valence-corrected chi connectivity index (χ4v) is 3.65. The van der Waals surface area contributed by atoms with Crippen molar-refractivity contribution in [2.45, 2.75) is 19.9 Å². The van der Waals surface area contributed by atoms with Crippen LogP contribution in [0.25, 0.3) is 10.8 Å². The lowest BCUT2D eigenvalue weighted by Gasteiger charge is -2.22. The van der Waals surface area contributed by atoms with E-state index in [-0.39, 0.29) is 24.6 Å². The van der Waals surface area contributed by atoms with Gasteiger partial charge >= 0.3 is 0 Å². The SMILES string of the molecule is Cc1ccc(-c2nc(CC(=O)N(Cc3ccco3)c3ccc(F)cc3F)cs2)o1. The van der Waals surface area contributed by atoms with Crippen LogP contribution in [0.15, 0.2) is 62.9 Å². The molecular formula is C21H16F2N2O3S. The zero-order chi connectivity index (χ0) is 20.4. The zero-order valence-corrected chi connectivity index (χ0v) is 16.2. The lowest BCUT2D eigenvalue weighted by Crippen LogP contribution is -2.32. The molecule has 4 aromatic rings. The number of benzene rings is 1. The molecule has 8 heteroatoms. The minimum atomic E-state index is -0.824. The molecule has 0 saturated heterocycles. The maximum atomic E-state index is 14.4. The summed E-state index contributed by atoms with van der Waals surface area (Å²) in [6.07, 6.45) is 1.42. The molecule has 3 heterocycles. The predicted molar refractivity (Wildman–Crippen MR) is 105 cm³/mol. The molecule has 0 saturated carbocycles. The quantitative estimate of drug-likeness (QED) is 0.426. The molecule has 0 radical (unpaired) electrons. The monoisotopic (exact) mass is 414 g/mol. The van der Waals surface area contributed by atoms with Crippen molar-refractivity contribution < 1.29 is 22.4 Å². The van der Waals surface area contributed by atoms with Crippen molar-refractivity contribution in [2.75, 3.05) is 4.90 Å². The Balaban J connectivity index is 1.59. The average molecular weight is 414 g/mol. The zero-order valence-electron chi connectivity index (χ0n) is 15.4. The standard InChI is InChI=1S/C21H16F2N2O3S/c1-13-4-7-19(28-13)21-24-15(12-29-21)10-20(26)25(11-16-3-2-8-27-16)18-6-5-14(22)9-17(18)23/h2-9,12H,10-11H2,1H3. The first-order valence-electron chi connectivity index (χ1n) is 8.78. The van der Waals surface area contributed by atoms with Gasteiger partial charge in [-0.3, -0.25) is 4.79 Å². The third-order valence-corrected chi connectivity index (χ3v) is 5.14. The first-order valence-corrected chi connectivity index (χ1v) is 9.66. The first kappa shape index (κ1) is 19.1. The summed E-state index contributed by atoms with van der Waals surface area (Å²) in [4.78, 5) is 18.7. The summed E-state index contributed by atoms with van der Waals surface area (Å²) in [5, 5.41) is 2.42. The number of nitrogens with zero attached hydrogens (tertiary/aromatic N) is 2. The van der Waals surface area contributed by atoms with E-state index in [1.165, 1.54) is 28.6 Å². The number of halogens is 2. The molecule has 4 rings (SSSR count). The molecule has 0 atom stereocenters. The molecule has 1 aromatic carbocycles. The number of carbonyl (C=O) groups excluding carboxylic acids is 1. The molecule has 0 aliphatic heterocycles. The Kier molecular flexibility index (Phi) is 5.26. The fourth-order valence-electron chi connectivity index (χ4n) is 2.87. The van der Waals surface area contributed by atoms with Gasteiger partial charge in [0, 0.05) is 11.4 Å². The van der Waals surface area contributed by atoms with Crippen molar-refractivity contribution in [2.24, 2.45) is 0 Å². The molecule has 148 valence electrons. The number of carbonyl (C=O) groups is 1. The molecule has 3 aromatic heterocycles. The molecule has 0 aliphatic rings. The summed E-state index contributed by atoms with van der Waals surface area (Å²) >= 11 is 1.36. The van der Waals surface area contributed by atoms with Gasteiger partial charge in [-0.15, -0.1) is 11.3 Å². The number of thiazole rings is 1. The summed E-state index contributed by atoms with van der Waals surface area (Å²) in [5.41, 5.74) is 0.515. The van der Waals surface area contributed by atoms with E-state index < -0.39 is 11.6 Å². The second-order valence-corrected chi connectivity index (χ2v) is 7.24. The van der Waals surface area contributed by atoms with Crippen LogP contribution in [-0.4, -0.2) is 10.9 Å². The van der Waals surface area contributed by atoms with Crippen LogP contribution in [0.1, 0.15) is 17.2 Å². The van der Waals surface area contributed by atoms with E-state index >= 15 is 0 Å². The van der Waals surface area contributed by atoms with E-state index in [0.29, 0.717) is 22.2 Å². The Morgan fingerprint density at radius 2 is 2.07 bits per heavy atom. The Morgan fingerprint density at radius 1 is 1.21 bits per heavy atom. The highest BCUT2D eigenvalue weighted by Gasteiger charge is 2.22. The molecule has 0 bridgehead atoms. The van der Waals surface area contributed by atoms with E-state index in [1.54, 1.807) is 17.5 Å². The van der Waals surface area contributed by atoms with Crippen LogP contribution in [0.4, 0.5) is 14.5 Å². The van der Waals surface area contributed by atoms with Crippen molar-refractivity contribution in [1.29, 1.82) is 0 Å². The van der Waals surface area contributed by atoms with Gasteiger partial charge in [-0.05, 0) is 43.3 Å². The molecule has 0 unspecified atom stereocenters. The second kappa shape index (κ2) is 8.00. The van der Waals surface area contributed by atoms with E-state index in [9.17, 15) is 13.6 Å². The third-order valence-electron chi connectivity index (χ3n) is 4.23. The minimum Gasteiger partial charge on any atom is -0.467 e. The second-order valence-electron chi connectivity index (χ2n) is 6.39. The average Bonchev–Trinajstić information content (AvgIpc) is 3.42. The van der Waals surface area contributed by atoms with Crippen LogP contribution >= 0.6 is 11.3 Å². The molecule has 29 heavy (non-hydrogen) atoms. The van der Waals surface area contributed by atoms with Gasteiger partial charge in [0.2, 0.25) is 5.91 Å². The first-order chi connectivity index (χ1) is 14.0. The van der Waals surface area contributed by atoms with Crippen molar-refractivity contribution in [3.63, 3.8) is 0 Å². The van der Waals surface area contributed by atoms with Gasteiger partial charge in [0.25, 0.3) is 0 Å². The van der Waals surface area contributed by atoms with Gasteiger partial charge in [0.1, 0.15) is 23.2 Å². The number of amides is 1. The van der Waals surface area contributed by atoms with Crippen molar-refractivity contribution in [3.05, 3.63) is 83.0 Å². The van der Waals surface area contributed by atoms with Crippen molar-refractivity contribution >= 4 is 22.9 Å². The number of hydrogen-bond acceptors (Lipinski definition) is 5. The minimum absolute atomic E-state index is 0.0166. The van der Waals surface area contributed by atoms with E-state index in [4.69, 9.17) is 8.83 Å². The lowest BCUT2D eigenvalue weighted by molar-refractivity contribution is -0.118. The fraction of sp³-hybridized carbons (Fsp3) is 0.143. The van der Waals surface area contributed by atoms with E-state index in [2.05, 4.69) is 4.98 Å². The van der Waals surface area contributed by atoms with E-state index in [1.807, 2.05) is 19.1 Å². The van der Waals surface area contributed by atoms with Crippen LogP contribution in [0, 0.1) is 18.6 Å². The van der Waals surface area contributed by atoms with Gasteiger partial charge < -0.3 is 13.7 Å². The highest BCUT2D eigenvalue weighted by molar-refractivity contribution is 7.13. The predicted octanol–water partition coefficient (Wildman–Crippen LogP) is 5.36. The largest absolute Gasteiger partial charge is 0.467 e. The summed E-state index contributed by atoms with van der Waals surface area (Å²) in [7, 11) is 0. The Hall–Kier alpha value is -3.26. The molecule has 0 fully saturated rings. The summed E-state index contributed by atoms with van der Waals surface area (Å²) in [5.74, 6) is -0.0524. The number of anilines is 1. The van der Waals surface area contributed by atoms with Crippen LogP contribution in [0.2, 0.25) is 0 Å². The number of hydrogen-bond donors (Lipinski definition) is 0. The number of furan rings is 2. The third kappa shape index (κ3) is 4.27. The molecule has 1 amide bonds. The number of aryl methyl sites for hydroxylation is 1. The van der Waals surface area contributed by atoms with Gasteiger partial charge in [-0.2, -0.15) is 0 Å².